The fourth-order valence-corrected chi connectivity index (χ4v) is 1.40. The fraction of sp³-hybridized carbons (Fsp3) is 0.500. The van der Waals surface area contributed by atoms with Gasteiger partial charge in [0.25, 0.3) is 0 Å². The Bertz CT molecular complexity index is 427. The molecule has 114 valence electrons. The highest BCUT2D eigenvalue weighted by Crippen LogP contribution is 2.30. The lowest BCUT2D eigenvalue weighted by atomic mass is 10.1. The van der Waals surface area contributed by atoms with Crippen LogP contribution in [-0.2, 0) is 10.9 Å². The largest absolute Gasteiger partial charge is 0.416 e. The molecule has 0 fully saturated rings. The summed E-state index contributed by atoms with van der Waals surface area (Å²) in [6, 6.07) is 3.92. The lowest BCUT2D eigenvalue weighted by Crippen LogP contribution is -2.15. The van der Waals surface area contributed by atoms with Gasteiger partial charge in [-0.15, -0.1) is 0 Å². The summed E-state index contributed by atoms with van der Waals surface area (Å²) in [5, 5.41) is 9.57. The summed E-state index contributed by atoms with van der Waals surface area (Å²) in [4.78, 5) is 0. The molecule has 2 nitrogen and oxygen atoms in total. The van der Waals surface area contributed by atoms with Crippen molar-refractivity contribution in [1.29, 1.82) is 0 Å². The van der Waals surface area contributed by atoms with Gasteiger partial charge in [-0.2, -0.15) is 26.3 Å². The van der Waals surface area contributed by atoms with Crippen LogP contribution < -0.4 is 0 Å². The van der Waals surface area contributed by atoms with Crippen LogP contribution in [0.3, 0.4) is 0 Å². The standard InChI is InChI=1S/C12H12F6O2/c13-11(14,15)4-5-20-7-10(19)8-2-1-3-9(6-8)12(16,17)18/h1-3,6,10,19H,4-5,7H2. The third-order valence-electron chi connectivity index (χ3n) is 2.40. The summed E-state index contributed by atoms with van der Waals surface area (Å²) in [7, 11) is 0. The first kappa shape index (κ1) is 16.8. The van der Waals surface area contributed by atoms with Crippen molar-refractivity contribution in [3.8, 4) is 0 Å². The molecule has 0 saturated heterocycles. The first-order valence-electron chi connectivity index (χ1n) is 5.59. The Kier molecular flexibility index (Phi) is 5.41. The van der Waals surface area contributed by atoms with Gasteiger partial charge >= 0.3 is 12.4 Å². The molecular weight excluding hydrogens is 290 g/mol. The molecule has 1 aromatic carbocycles. The van der Waals surface area contributed by atoms with E-state index in [-0.39, 0.29) is 5.56 Å². The predicted octanol–water partition coefficient (Wildman–Crippen LogP) is 3.71. The van der Waals surface area contributed by atoms with Gasteiger partial charge in [-0.05, 0) is 17.7 Å². The minimum atomic E-state index is -4.55. The number of hydrogen-bond acceptors (Lipinski definition) is 2. The summed E-state index contributed by atoms with van der Waals surface area (Å²) < 4.78 is 77.4. The summed E-state index contributed by atoms with van der Waals surface area (Å²) in [6.45, 7) is -1.16. The number of rotatable bonds is 5. The highest BCUT2D eigenvalue weighted by Gasteiger charge is 2.31. The van der Waals surface area contributed by atoms with Crippen LogP contribution in [0.4, 0.5) is 26.3 Å². The summed E-state index contributed by atoms with van der Waals surface area (Å²) in [5.41, 5.74) is -1.00. The second-order valence-electron chi connectivity index (χ2n) is 4.08. The van der Waals surface area contributed by atoms with E-state index in [0.29, 0.717) is 0 Å². The Balaban J connectivity index is 2.54. The summed E-state index contributed by atoms with van der Waals surface area (Å²) in [5.74, 6) is 0. The smallest absolute Gasteiger partial charge is 0.386 e. The maximum absolute atomic E-state index is 12.4. The second-order valence-corrected chi connectivity index (χ2v) is 4.08. The van der Waals surface area contributed by atoms with Gasteiger partial charge in [0.15, 0.2) is 0 Å². The highest BCUT2D eigenvalue weighted by molar-refractivity contribution is 5.27. The molecule has 8 heteroatoms. The van der Waals surface area contributed by atoms with Crippen LogP contribution in [0.15, 0.2) is 24.3 Å². The summed E-state index contributed by atoms with van der Waals surface area (Å²) in [6.07, 6.45) is -11.5. The van der Waals surface area contributed by atoms with Gasteiger partial charge in [0.2, 0.25) is 0 Å². The van der Waals surface area contributed by atoms with Crippen LogP contribution in [-0.4, -0.2) is 24.5 Å². The van der Waals surface area contributed by atoms with Crippen LogP contribution in [0.2, 0.25) is 0 Å². The Labute approximate surface area is 111 Å². The van der Waals surface area contributed by atoms with Crippen molar-refractivity contribution in [1.82, 2.24) is 0 Å². The molecule has 1 unspecified atom stereocenters. The van der Waals surface area contributed by atoms with Gasteiger partial charge in [-0.25, -0.2) is 0 Å². The summed E-state index contributed by atoms with van der Waals surface area (Å²) >= 11 is 0. The molecule has 1 aromatic rings. The minimum Gasteiger partial charge on any atom is -0.386 e. The van der Waals surface area contributed by atoms with Gasteiger partial charge in [0.1, 0.15) is 6.10 Å². The van der Waals surface area contributed by atoms with Crippen molar-refractivity contribution in [3.63, 3.8) is 0 Å². The van der Waals surface area contributed by atoms with Gasteiger partial charge < -0.3 is 9.84 Å². The first-order chi connectivity index (χ1) is 9.09. The first-order valence-corrected chi connectivity index (χ1v) is 5.59. The molecule has 0 aliphatic carbocycles. The number of aliphatic hydroxyl groups excluding tert-OH is 1. The van der Waals surface area contributed by atoms with Crippen LogP contribution in [0.25, 0.3) is 0 Å². The van der Waals surface area contributed by atoms with E-state index >= 15 is 0 Å². The van der Waals surface area contributed by atoms with Gasteiger partial charge in [0, 0.05) is 0 Å². The molecular formula is C12H12F6O2. The number of alkyl halides is 6. The van der Waals surface area contributed by atoms with Gasteiger partial charge in [-0.3, -0.25) is 0 Å². The molecule has 0 bridgehead atoms. The van der Waals surface area contributed by atoms with E-state index < -0.39 is 43.7 Å². The van der Waals surface area contributed by atoms with Crippen molar-refractivity contribution in [2.75, 3.05) is 13.2 Å². The predicted molar refractivity (Wildman–Crippen MR) is 57.9 cm³/mol. The molecule has 0 saturated carbocycles. The average molecular weight is 302 g/mol. The van der Waals surface area contributed by atoms with E-state index in [1.165, 1.54) is 6.07 Å². The van der Waals surface area contributed by atoms with Crippen LogP contribution >= 0.6 is 0 Å². The Morgan fingerprint density at radius 3 is 2.30 bits per heavy atom. The molecule has 0 heterocycles. The second kappa shape index (κ2) is 6.45. The van der Waals surface area contributed by atoms with Gasteiger partial charge in [-0.1, -0.05) is 12.1 Å². The topological polar surface area (TPSA) is 29.5 Å². The third-order valence-corrected chi connectivity index (χ3v) is 2.40. The Morgan fingerprint density at radius 2 is 1.75 bits per heavy atom. The maximum Gasteiger partial charge on any atom is 0.416 e. The van der Waals surface area contributed by atoms with Gasteiger partial charge in [0.05, 0.1) is 25.2 Å². The third kappa shape index (κ3) is 5.79. The molecule has 1 rings (SSSR count). The van der Waals surface area contributed by atoms with Crippen molar-refractivity contribution < 1.29 is 36.2 Å². The lowest BCUT2D eigenvalue weighted by Gasteiger charge is -2.14. The fourth-order valence-electron chi connectivity index (χ4n) is 1.40. The van der Waals surface area contributed by atoms with E-state index in [0.717, 1.165) is 18.2 Å². The van der Waals surface area contributed by atoms with Crippen LogP contribution in [0, 0.1) is 0 Å². The minimum absolute atomic E-state index is 0.0631. The molecule has 1 N–H and O–H groups in total. The van der Waals surface area contributed by atoms with Crippen molar-refractivity contribution >= 4 is 0 Å². The Morgan fingerprint density at radius 1 is 1.10 bits per heavy atom. The van der Waals surface area contributed by atoms with E-state index in [1.807, 2.05) is 0 Å². The van der Waals surface area contributed by atoms with Crippen molar-refractivity contribution in [3.05, 3.63) is 35.4 Å². The van der Waals surface area contributed by atoms with Crippen LogP contribution in [0.1, 0.15) is 23.7 Å². The van der Waals surface area contributed by atoms with E-state index in [4.69, 9.17) is 0 Å². The maximum atomic E-state index is 12.4. The van der Waals surface area contributed by atoms with E-state index in [2.05, 4.69) is 4.74 Å². The van der Waals surface area contributed by atoms with E-state index in [1.54, 1.807) is 0 Å². The molecule has 0 amide bonds. The molecule has 1 atom stereocenters. The molecule has 0 aromatic heterocycles. The number of ether oxygens (including phenoxy) is 1. The number of aliphatic hydroxyl groups is 1. The van der Waals surface area contributed by atoms with E-state index in [9.17, 15) is 31.4 Å². The highest BCUT2D eigenvalue weighted by atomic mass is 19.4. The molecule has 0 aliphatic heterocycles. The zero-order valence-corrected chi connectivity index (χ0v) is 10.1. The molecule has 0 radical (unpaired) electrons. The quantitative estimate of drug-likeness (QED) is 0.664. The molecule has 20 heavy (non-hydrogen) atoms. The number of benzene rings is 1. The monoisotopic (exact) mass is 302 g/mol. The molecule has 0 spiro atoms. The zero-order chi connectivity index (χ0) is 15.4. The van der Waals surface area contributed by atoms with Crippen molar-refractivity contribution in [2.24, 2.45) is 0 Å². The molecule has 0 aliphatic rings. The SMILES string of the molecule is OC(COCCC(F)(F)F)c1cccc(C(F)(F)F)c1. The lowest BCUT2D eigenvalue weighted by molar-refractivity contribution is -0.147. The normalized spacial score (nSPS) is 14.3. The zero-order valence-electron chi connectivity index (χ0n) is 10.1. The average Bonchev–Trinajstić information content (AvgIpc) is 2.32. The Hall–Kier alpha value is -1.28. The number of hydrogen-bond donors (Lipinski definition) is 1. The van der Waals surface area contributed by atoms with Crippen molar-refractivity contribution in [2.45, 2.75) is 24.9 Å². The van der Waals surface area contributed by atoms with Crippen LogP contribution in [0.5, 0.6) is 0 Å². The number of halogens is 6.